The molecule has 1 aromatic carbocycles. The second-order valence-electron chi connectivity index (χ2n) is 7.69. The Bertz CT molecular complexity index is 1260. The van der Waals surface area contributed by atoms with Crippen LogP contribution in [0.25, 0.3) is 16.6 Å². The zero-order valence-electron chi connectivity index (χ0n) is 16.8. The molecule has 8 heteroatoms. The van der Waals surface area contributed by atoms with Gasteiger partial charge in [0.05, 0.1) is 11.8 Å². The molecule has 1 aliphatic heterocycles. The Morgan fingerprint density at radius 2 is 1.83 bits per heavy atom. The maximum Gasteiger partial charge on any atom is 0.291 e. The quantitative estimate of drug-likeness (QED) is 0.518. The molecule has 0 aliphatic carbocycles. The van der Waals surface area contributed by atoms with Gasteiger partial charge in [-0.2, -0.15) is 5.10 Å². The van der Waals surface area contributed by atoms with Gasteiger partial charge in [-0.1, -0.05) is 30.3 Å². The Balaban J connectivity index is 1.28. The number of furan rings is 1. The molecule has 5 rings (SSSR count). The first-order valence-electron chi connectivity index (χ1n) is 10.1. The molecule has 4 heterocycles. The van der Waals surface area contributed by atoms with Crippen LogP contribution in [0, 0.1) is 6.92 Å². The number of rotatable bonds is 4. The van der Waals surface area contributed by atoms with Crippen molar-refractivity contribution in [1.29, 1.82) is 0 Å². The van der Waals surface area contributed by atoms with E-state index in [4.69, 9.17) is 4.42 Å². The number of aromatic nitrogens is 3. The van der Waals surface area contributed by atoms with Gasteiger partial charge in [0.25, 0.3) is 5.56 Å². The van der Waals surface area contributed by atoms with E-state index >= 15 is 0 Å². The first-order chi connectivity index (χ1) is 14.6. The van der Waals surface area contributed by atoms with Crippen molar-refractivity contribution in [2.75, 3.05) is 26.2 Å². The van der Waals surface area contributed by atoms with E-state index < -0.39 is 0 Å². The van der Waals surface area contributed by atoms with E-state index in [9.17, 15) is 9.59 Å². The van der Waals surface area contributed by atoms with E-state index in [-0.39, 0.29) is 18.0 Å². The second kappa shape index (κ2) is 7.46. The largest absolute Gasteiger partial charge is 0.463 e. The van der Waals surface area contributed by atoms with Gasteiger partial charge in [0.15, 0.2) is 5.58 Å². The summed E-state index contributed by atoms with van der Waals surface area (Å²) in [4.78, 5) is 29.9. The highest BCUT2D eigenvalue weighted by molar-refractivity contribution is 5.82. The molecular formula is C22H23N5O3. The predicted octanol–water partition coefficient (Wildman–Crippen LogP) is 1.90. The molecule has 1 amide bonds. The molecule has 1 saturated heterocycles. The molecule has 0 atom stereocenters. The average molecular weight is 405 g/mol. The van der Waals surface area contributed by atoms with Gasteiger partial charge in [-0.25, -0.2) is 4.68 Å². The molecular weight excluding hydrogens is 382 g/mol. The lowest BCUT2D eigenvalue weighted by Crippen LogP contribution is -2.49. The smallest absolute Gasteiger partial charge is 0.291 e. The Labute approximate surface area is 172 Å². The normalized spacial score (nSPS) is 15.3. The number of fused-ring (bicyclic) bond motifs is 3. The molecule has 0 saturated carbocycles. The lowest BCUT2D eigenvalue weighted by atomic mass is 10.2. The third kappa shape index (κ3) is 3.29. The topological polar surface area (TPSA) is 76.0 Å². The van der Waals surface area contributed by atoms with Crippen LogP contribution in [0.15, 0.2) is 57.9 Å². The Hall–Kier alpha value is -3.39. The molecule has 1 fully saturated rings. The zero-order chi connectivity index (χ0) is 20.7. The van der Waals surface area contributed by atoms with E-state index in [0.717, 1.165) is 25.2 Å². The molecule has 0 bridgehead atoms. The summed E-state index contributed by atoms with van der Waals surface area (Å²) in [6, 6.07) is 13.8. The Morgan fingerprint density at radius 3 is 2.60 bits per heavy atom. The standard InChI is InChI=1S/C22H23N5O3/c1-16-23-26(22(29)19-13-20-18(27(16)19)7-12-30-20)15-21(28)25-10-8-24(9-11-25)14-17-5-3-2-4-6-17/h2-7,12-13H,8-11,14-15H2,1H3. The summed E-state index contributed by atoms with van der Waals surface area (Å²) in [6.45, 7) is 5.59. The van der Waals surface area contributed by atoms with Crippen LogP contribution in [0.4, 0.5) is 0 Å². The van der Waals surface area contributed by atoms with E-state index in [1.54, 1.807) is 22.8 Å². The number of benzene rings is 1. The summed E-state index contributed by atoms with van der Waals surface area (Å²) in [5, 5.41) is 4.38. The minimum absolute atomic E-state index is 0.0542. The van der Waals surface area contributed by atoms with Gasteiger partial charge in [0.2, 0.25) is 5.91 Å². The SMILES string of the molecule is Cc1nn(CC(=O)N2CCN(Cc3ccccc3)CC2)c(=O)c2cc3occc3n12. The third-order valence-corrected chi connectivity index (χ3v) is 5.72. The lowest BCUT2D eigenvalue weighted by Gasteiger charge is -2.34. The molecule has 154 valence electrons. The van der Waals surface area contributed by atoms with E-state index in [0.29, 0.717) is 30.0 Å². The van der Waals surface area contributed by atoms with Crippen LogP contribution in [0.1, 0.15) is 11.4 Å². The maximum atomic E-state index is 12.9. The number of carbonyl (C=O) groups excluding carboxylic acids is 1. The van der Waals surface area contributed by atoms with E-state index in [2.05, 4.69) is 22.1 Å². The third-order valence-electron chi connectivity index (χ3n) is 5.72. The number of hydrogen-bond donors (Lipinski definition) is 0. The van der Waals surface area contributed by atoms with Crippen molar-refractivity contribution in [1.82, 2.24) is 24.0 Å². The number of hydrogen-bond acceptors (Lipinski definition) is 5. The minimum atomic E-state index is -0.289. The van der Waals surface area contributed by atoms with Crippen LogP contribution in [0.3, 0.4) is 0 Å². The average Bonchev–Trinajstić information content (AvgIpc) is 3.34. The number of piperazine rings is 1. The molecule has 0 radical (unpaired) electrons. The van der Waals surface area contributed by atoms with Crippen LogP contribution >= 0.6 is 0 Å². The highest BCUT2D eigenvalue weighted by atomic mass is 16.3. The first-order valence-corrected chi connectivity index (χ1v) is 10.1. The van der Waals surface area contributed by atoms with E-state index in [1.165, 1.54) is 10.2 Å². The van der Waals surface area contributed by atoms with Crippen molar-refractivity contribution in [2.45, 2.75) is 20.0 Å². The van der Waals surface area contributed by atoms with Crippen molar-refractivity contribution < 1.29 is 9.21 Å². The van der Waals surface area contributed by atoms with Gasteiger partial charge in [-0.3, -0.25) is 18.9 Å². The van der Waals surface area contributed by atoms with Crippen molar-refractivity contribution >= 4 is 22.5 Å². The zero-order valence-corrected chi connectivity index (χ0v) is 16.8. The van der Waals surface area contributed by atoms with Gasteiger partial charge in [-0.05, 0) is 12.5 Å². The van der Waals surface area contributed by atoms with Crippen molar-refractivity contribution in [3.05, 3.63) is 70.5 Å². The lowest BCUT2D eigenvalue weighted by molar-refractivity contribution is -0.133. The summed E-state index contributed by atoms with van der Waals surface area (Å²) in [5.41, 5.74) is 2.89. The summed E-state index contributed by atoms with van der Waals surface area (Å²) in [6.07, 6.45) is 1.59. The van der Waals surface area contributed by atoms with Crippen molar-refractivity contribution in [3.8, 4) is 0 Å². The number of amides is 1. The maximum absolute atomic E-state index is 12.9. The van der Waals surface area contributed by atoms with Crippen LogP contribution < -0.4 is 5.56 Å². The summed E-state index contributed by atoms with van der Waals surface area (Å²) in [5.74, 6) is 0.560. The Kier molecular flexibility index (Phi) is 4.63. The van der Waals surface area contributed by atoms with Crippen LogP contribution in [0.2, 0.25) is 0 Å². The molecule has 1 aliphatic rings. The minimum Gasteiger partial charge on any atom is -0.463 e. The molecule has 0 unspecified atom stereocenters. The molecule has 4 aromatic rings. The number of aryl methyl sites for hydroxylation is 1. The fourth-order valence-corrected chi connectivity index (χ4v) is 4.16. The molecule has 8 nitrogen and oxygen atoms in total. The van der Waals surface area contributed by atoms with Crippen molar-refractivity contribution in [3.63, 3.8) is 0 Å². The second-order valence-corrected chi connectivity index (χ2v) is 7.69. The first kappa shape index (κ1) is 18.6. The van der Waals surface area contributed by atoms with Gasteiger partial charge < -0.3 is 9.32 Å². The number of carbonyl (C=O) groups is 1. The fraction of sp³-hybridized carbons (Fsp3) is 0.318. The monoisotopic (exact) mass is 405 g/mol. The Morgan fingerprint density at radius 1 is 1.07 bits per heavy atom. The van der Waals surface area contributed by atoms with Crippen LogP contribution in [-0.4, -0.2) is 56.1 Å². The van der Waals surface area contributed by atoms with E-state index in [1.807, 2.05) is 30.0 Å². The summed E-state index contributed by atoms with van der Waals surface area (Å²) < 4.78 is 8.44. The van der Waals surface area contributed by atoms with Gasteiger partial charge in [0.1, 0.15) is 17.9 Å². The summed E-state index contributed by atoms with van der Waals surface area (Å²) in [7, 11) is 0. The predicted molar refractivity (Wildman–Crippen MR) is 112 cm³/mol. The highest BCUT2D eigenvalue weighted by Gasteiger charge is 2.23. The molecule has 0 spiro atoms. The molecule has 0 N–H and O–H groups in total. The van der Waals surface area contributed by atoms with Crippen LogP contribution in [-0.2, 0) is 17.9 Å². The van der Waals surface area contributed by atoms with Gasteiger partial charge in [-0.15, -0.1) is 0 Å². The molecule has 30 heavy (non-hydrogen) atoms. The molecule has 3 aromatic heterocycles. The van der Waals surface area contributed by atoms with Gasteiger partial charge in [0, 0.05) is 44.9 Å². The van der Waals surface area contributed by atoms with Crippen LogP contribution in [0.5, 0.6) is 0 Å². The highest BCUT2D eigenvalue weighted by Crippen LogP contribution is 2.20. The van der Waals surface area contributed by atoms with Gasteiger partial charge >= 0.3 is 0 Å². The van der Waals surface area contributed by atoms with Crippen molar-refractivity contribution in [2.24, 2.45) is 0 Å². The fourth-order valence-electron chi connectivity index (χ4n) is 4.16. The number of nitrogens with zero attached hydrogens (tertiary/aromatic N) is 5. The summed E-state index contributed by atoms with van der Waals surface area (Å²) >= 11 is 0.